The van der Waals surface area contributed by atoms with Gasteiger partial charge in [-0.3, -0.25) is 9.59 Å². The molecule has 1 aromatic heterocycles. The molecule has 0 aliphatic heterocycles. The lowest BCUT2D eigenvalue weighted by molar-refractivity contribution is -0.117. The van der Waals surface area contributed by atoms with Crippen LogP contribution in [0.25, 0.3) is 16.9 Å². The number of aryl methyl sites for hydroxylation is 2. The molecule has 36 heavy (non-hydrogen) atoms. The third-order valence-corrected chi connectivity index (χ3v) is 6.05. The number of rotatable bonds is 9. The lowest BCUT2D eigenvalue weighted by Gasteiger charge is -2.22. The Kier molecular flexibility index (Phi) is 7.95. The zero-order valence-corrected chi connectivity index (χ0v) is 21.1. The summed E-state index contributed by atoms with van der Waals surface area (Å²) >= 11 is 0. The van der Waals surface area contributed by atoms with Crippen molar-refractivity contribution in [2.45, 2.75) is 33.6 Å². The fraction of sp³-hybridized carbons (Fsp3) is 0.233. The summed E-state index contributed by atoms with van der Waals surface area (Å²) in [5.74, 6) is 0.154. The molecule has 1 heterocycles. The maximum absolute atomic E-state index is 13.2. The molecule has 6 heteroatoms. The van der Waals surface area contributed by atoms with Gasteiger partial charge in [0.1, 0.15) is 12.4 Å². The monoisotopic (exact) mass is 480 g/mol. The fourth-order valence-electron chi connectivity index (χ4n) is 4.17. The zero-order chi connectivity index (χ0) is 25.5. The summed E-state index contributed by atoms with van der Waals surface area (Å²) in [6.45, 7) is 6.63. The number of unbranched alkanes of at least 4 members (excludes halogenated alkanes) is 1. The highest BCUT2D eigenvalue weighted by molar-refractivity contribution is 5.99. The first kappa shape index (κ1) is 24.9. The molecule has 0 radical (unpaired) electrons. The molecule has 4 rings (SSSR count). The molecule has 6 nitrogen and oxygen atoms in total. The van der Waals surface area contributed by atoms with Crippen LogP contribution in [0, 0.1) is 13.8 Å². The number of amides is 2. The summed E-state index contributed by atoms with van der Waals surface area (Å²) in [6.07, 6.45) is 1.75. The van der Waals surface area contributed by atoms with Crippen LogP contribution >= 0.6 is 0 Å². The highest BCUT2D eigenvalue weighted by Gasteiger charge is 2.21. The van der Waals surface area contributed by atoms with E-state index in [1.807, 2.05) is 80.6 Å². The van der Waals surface area contributed by atoms with Crippen molar-refractivity contribution >= 4 is 17.6 Å². The van der Waals surface area contributed by atoms with E-state index in [-0.39, 0.29) is 18.4 Å². The van der Waals surface area contributed by atoms with Crippen LogP contribution in [-0.2, 0) is 4.79 Å². The van der Waals surface area contributed by atoms with E-state index >= 15 is 0 Å². The smallest absolute Gasteiger partial charge is 0.254 e. The van der Waals surface area contributed by atoms with Crippen LogP contribution in [0.5, 0.6) is 0 Å². The standard InChI is InChI=1S/C30H32N4O2/c1-4-5-18-33(30(36)25-14-10-7-11-15-25)21-29(35)31-28-20-26(24-12-8-6-9-13-24)32-34(28)27-17-16-22(2)19-23(27)3/h6-17,19-20H,4-5,18,21H2,1-3H3,(H,31,35). The lowest BCUT2D eigenvalue weighted by Crippen LogP contribution is -2.39. The van der Waals surface area contributed by atoms with Crippen molar-refractivity contribution in [2.24, 2.45) is 0 Å². The van der Waals surface area contributed by atoms with Crippen LogP contribution in [0.15, 0.2) is 84.9 Å². The van der Waals surface area contributed by atoms with Crippen molar-refractivity contribution in [3.05, 3.63) is 102 Å². The molecule has 0 aliphatic rings. The van der Waals surface area contributed by atoms with Crippen molar-refractivity contribution in [1.82, 2.24) is 14.7 Å². The second-order valence-electron chi connectivity index (χ2n) is 8.98. The fourth-order valence-corrected chi connectivity index (χ4v) is 4.17. The molecule has 3 aromatic carbocycles. The zero-order valence-electron chi connectivity index (χ0n) is 21.1. The number of carbonyl (C=O) groups excluding carboxylic acids is 2. The molecular formula is C30H32N4O2. The van der Waals surface area contributed by atoms with Crippen LogP contribution in [0.2, 0.25) is 0 Å². The van der Waals surface area contributed by atoms with Gasteiger partial charge in [-0.05, 0) is 44.0 Å². The van der Waals surface area contributed by atoms with Gasteiger partial charge >= 0.3 is 0 Å². The van der Waals surface area contributed by atoms with E-state index in [4.69, 9.17) is 5.10 Å². The van der Waals surface area contributed by atoms with Crippen molar-refractivity contribution in [3.63, 3.8) is 0 Å². The maximum Gasteiger partial charge on any atom is 0.254 e. The quantitative estimate of drug-likeness (QED) is 0.318. The highest BCUT2D eigenvalue weighted by atomic mass is 16.2. The summed E-state index contributed by atoms with van der Waals surface area (Å²) in [5, 5.41) is 7.85. The molecule has 184 valence electrons. The molecule has 0 spiro atoms. The second-order valence-corrected chi connectivity index (χ2v) is 8.98. The SMILES string of the molecule is CCCCN(CC(=O)Nc1cc(-c2ccccc2)nn1-c1ccc(C)cc1C)C(=O)c1ccccc1. The van der Waals surface area contributed by atoms with E-state index in [1.165, 1.54) is 0 Å². The Morgan fingerprint density at radius 1 is 0.917 bits per heavy atom. The van der Waals surface area contributed by atoms with Gasteiger partial charge in [0.05, 0.1) is 11.4 Å². The van der Waals surface area contributed by atoms with Gasteiger partial charge in [-0.2, -0.15) is 5.10 Å². The molecule has 0 bridgehead atoms. The number of nitrogens with one attached hydrogen (secondary N) is 1. The van der Waals surface area contributed by atoms with Crippen molar-refractivity contribution in [3.8, 4) is 16.9 Å². The Morgan fingerprint density at radius 3 is 2.28 bits per heavy atom. The molecule has 4 aromatic rings. The van der Waals surface area contributed by atoms with Crippen LogP contribution in [0.4, 0.5) is 5.82 Å². The number of carbonyl (C=O) groups is 2. The first-order valence-electron chi connectivity index (χ1n) is 12.3. The van der Waals surface area contributed by atoms with Gasteiger partial charge in [-0.1, -0.05) is 79.6 Å². The minimum absolute atomic E-state index is 0.0353. The first-order valence-corrected chi connectivity index (χ1v) is 12.3. The number of aromatic nitrogens is 2. The van der Waals surface area contributed by atoms with E-state index in [1.54, 1.807) is 21.7 Å². The number of hydrogen-bond acceptors (Lipinski definition) is 3. The number of benzene rings is 3. The molecule has 0 saturated carbocycles. The van der Waals surface area contributed by atoms with Crippen molar-refractivity contribution < 1.29 is 9.59 Å². The summed E-state index contributed by atoms with van der Waals surface area (Å²) in [7, 11) is 0. The van der Waals surface area contributed by atoms with E-state index in [0.29, 0.717) is 17.9 Å². The predicted octanol–water partition coefficient (Wildman–Crippen LogP) is 6.04. The molecule has 0 atom stereocenters. The van der Waals surface area contributed by atoms with Crippen LogP contribution in [0.1, 0.15) is 41.3 Å². The topological polar surface area (TPSA) is 67.2 Å². The minimum Gasteiger partial charge on any atom is -0.329 e. The van der Waals surface area contributed by atoms with E-state index in [0.717, 1.165) is 40.9 Å². The predicted molar refractivity (Wildman–Crippen MR) is 144 cm³/mol. The third kappa shape index (κ3) is 5.89. The largest absolute Gasteiger partial charge is 0.329 e. The molecule has 0 fully saturated rings. The van der Waals surface area contributed by atoms with Gasteiger partial charge in [0.25, 0.3) is 5.91 Å². The number of nitrogens with zero attached hydrogens (tertiary/aromatic N) is 3. The van der Waals surface area contributed by atoms with Crippen LogP contribution in [0.3, 0.4) is 0 Å². The van der Waals surface area contributed by atoms with Gasteiger partial charge in [-0.15, -0.1) is 0 Å². The molecule has 0 aliphatic carbocycles. The highest BCUT2D eigenvalue weighted by Crippen LogP contribution is 2.26. The van der Waals surface area contributed by atoms with Gasteiger partial charge in [0.15, 0.2) is 0 Å². The van der Waals surface area contributed by atoms with Crippen molar-refractivity contribution in [1.29, 1.82) is 0 Å². The van der Waals surface area contributed by atoms with E-state index in [2.05, 4.69) is 18.3 Å². The summed E-state index contributed by atoms with van der Waals surface area (Å²) in [6, 6.07) is 27.0. The second kappa shape index (κ2) is 11.5. The van der Waals surface area contributed by atoms with Gasteiger partial charge in [-0.25, -0.2) is 4.68 Å². The summed E-state index contributed by atoms with van der Waals surface area (Å²) in [4.78, 5) is 28.0. The Bertz CT molecular complexity index is 1330. The Hall–Kier alpha value is -4.19. The third-order valence-electron chi connectivity index (χ3n) is 6.05. The van der Waals surface area contributed by atoms with Gasteiger partial charge < -0.3 is 10.2 Å². The van der Waals surface area contributed by atoms with Crippen molar-refractivity contribution in [2.75, 3.05) is 18.4 Å². The summed E-state index contributed by atoms with van der Waals surface area (Å²) < 4.78 is 1.77. The number of hydrogen-bond donors (Lipinski definition) is 1. The van der Waals surface area contributed by atoms with Crippen LogP contribution < -0.4 is 5.32 Å². The first-order chi connectivity index (χ1) is 17.5. The van der Waals surface area contributed by atoms with Gasteiger partial charge in [0, 0.05) is 23.7 Å². The van der Waals surface area contributed by atoms with Crippen LogP contribution in [-0.4, -0.2) is 39.6 Å². The Morgan fingerprint density at radius 2 is 1.61 bits per heavy atom. The maximum atomic E-state index is 13.2. The molecule has 1 N–H and O–H groups in total. The van der Waals surface area contributed by atoms with Gasteiger partial charge in [0.2, 0.25) is 5.91 Å². The Balaban J connectivity index is 1.63. The normalized spacial score (nSPS) is 10.8. The van der Waals surface area contributed by atoms with E-state index < -0.39 is 0 Å². The average Bonchev–Trinajstić information content (AvgIpc) is 3.30. The summed E-state index contributed by atoms with van der Waals surface area (Å²) in [5.41, 5.74) is 5.39. The van der Waals surface area contributed by atoms with E-state index in [9.17, 15) is 9.59 Å². The Labute approximate surface area is 212 Å². The number of anilines is 1. The molecule has 0 unspecified atom stereocenters. The lowest BCUT2D eigenvalue weighted by atomic mass is 10.1. The minimum atomic E-state index is -0.263. The molecule has 0 saturated heterocycles. The molecular weight excluding hydrogens is 448 g/mol. The molecule has 2 amide bonds. The average molecular weight is 481 g/mol.